The van der Waals surface area contributed by atoms with Crippen LogP contribution in [-0.2, 0) is 9.53 Å². The fourth-order valence-corrected chi connectivity index (χ4v) is 4.00. The summed E-state index contributed by atoms with van der Waals surface area (Å²) in [4.78, 5) is 15.4. The fourth-order valence-electron chi connectivity index (χ4n) is 4.00. The van der Waals surface area contributed by atoms with E-state index in [1.165, 1.54) is 24.0 Å². The Hall–Kier alpha value is -1.43. The van der Waals surface area contributed by atoms with Crippen LogP contribution in [0.5, 0.6) is 0 Å². The van der Waals surface area contributed by atoms with Crippen molar-refractivity contribution in [1.82, 2.24) is 15.5 Å². The average Bonchev–Trinajstić information content (AvgIpc) is 3.18. The largest absolute Gasteiger partial charge is 0.368 e. The molecule has 1 aromatic rings. The summed E-state index contributed by atoms with van der Waals surface area (Å²) in [7, 11) is 1.66. The third-order valence-corrected chi connectivity index (χ3v) is 5.72. The van der Waals surface area contributed by atoms with E-state index in [9.17, 15) is 4.79 Å². The first-order chi connectivity index (χ1) is 12.1. The van der Waals surface area contributed by atoms with E-state index in [1.54, 1.807) is 7.11 Å². The lowest BCUT2D eigenvalue weighted by Crippen LogP contribution is -2.55. The molecule has 1 aromatic carbocycles. The number of carbonyl (C=O) groups excluding carboxylic acids is 1. The Morgan fingerprint density at radius 2 is 1.88 bits per heavy atom. The van der Waals surface area contributed by atoms with Crippen LogP contribution in [-0.4, -0.2) is 56.2 Å². The molecule has 0 radical (unpaired) electrons. The summed E-state index contributed by atoms with van der Waals surface area (Å²) in [6, 6.07) is 8.94. The number of aryl methyl sites for hydroxylation is 1. The van der Waals surface area contributed by atoms with Gasteiger partial charge in [0.15, 0.2) is 0 Å². The number of hydrogen-bond donors (Lipinski definition) is 2. The molecule has 2 fully saturated rings. The first-order valence-electron chi connectivity index (χ1n) is 9.49. The van der Waals surface area contributed by atoms with Gasteiger partial charge in [-0.25, -0.2) is 0 Å². The molecule has 2 heterocycles. The van der Waals surface area contributed by atoms with E-state index in [0.29, 0.717) is 6.54 Å². The van der Waals surface area contributed by atoms with Crippen molar-refractivity contribution in [2.45, 2.75) is 44.2 Å². The van der Waals surface area contributed by atoms with Crippen LogP contribution in [0.4, 0.5) is 0 Å². The van der Waals surface area contributed by atoms with E-state index < -0.39 is 5.60 Å². The van der Waals surface area contributed by atoms with Gasteiger partial charge in [-0.1, -0.05) is 29.8 Å². The molecule has 3 rings (SSSR count). The Morgan fingerprint density at radius 1 is 1.24 bits per heavy atom. The number of nitrogens with one attached hydrogen (secondary N) is 2. The summed E-state index contributed by atoms with van der Waals surface area (Å²) in [5, 5.41) is 6.50. The topological polar surface area (TPSA) is 53.6 Å². The molecule has 0 aromatic heterocycles. The Bertz CT molecular complexity index is 561. The molecule has 5 heteroatoms. The molecule has 2 saturated heterocycles. The van der Waals surface area contributed by atoms with Gasteiger partial charge in [-0.3, -0.25) is 9.69 Å². The summed E-state index contributed by atoms with van der Waals surface area (Å²) >= 11 is 0. The SMILES string of the molecule is COC1(C(=O)NCC(c2ccc(C)cc2)N2CCCC2)CCNCC1. The van der Waals surface area contributed by atoms with E-state index in [0.717, 1.165) is 39.0 Å². The second kappa shape index (κ2) is 8.30. The van der Waals surface area contributed by atoms with Crippen molar-refractivity contribution in [2.24, 2.45) is 0 Å². The lowest BCUT2D eigenvalue weighted by molar-refractivity contribution is -0.147. The molecule has 5 nitrogen and oxygen atoms in total. The molecule has 1 unspecified atom stereocenters. The Morgan fingerprint density at radius 3 is 2.48 bits per heavy atom. The molecule has 1 atom stereocenters. The summed E-state index contributed by atoms with van der Waals surface area (Å²) in [5.41, 5.74) is 1.87. The number of nitrogens with zero attached hydrogens (tertiary/aromatic N) is 1. The maximum atomic E-state index is 12.9. The van der Waals surface area contributed by atoms with E-state index in [-0.39, 0.29) is 11.9 Å². The molecule has 2 aliphatic rings. The minimum Gasteiger partial charge on any atom is -0.368 e. The Balaban J connectivity index is 1.69. The predicted octanol–water partition coefficient (Wildman–Crippen LogP) is 2.02. The van der Waals surface area contributed by atoms with Crippen LogP contribution in [0.3, 0.4) is 0 Å². The Kier molecular flexibility index (Phi) is 6.10. The van der Waals surface area contributed by atoms with Crippen molar-refractivity contribution in [3.05, 3.63) is 35.4 Å². The quantitative estimate of drug-likeness (QED) is 0.828. The highest BCUT2D eigenvalue weighted by molar-refractivity contribution is 5.85. The predicted molar refractivity (Wildman–Crippen MR) is 99.6 cm³/mol. The van der Waals surface area contributed by atoms with Gasteiger partial charge in [0.1, 0.15) is 5.60 Å². The van der Waals surface area contributed by atoms with Gasteiger partial charge in [0.2, 0.25) is 0 Å². The molecule has 0 aliphatic carbocycles. The van der Waals surface area contributed by atoms with Gasteiger partial charge < -0.3 is 15.4 Å². The van der Waals surface area contributed by atoms with E-state index >= 15 is 0 Å². The summed E-state index contributed by atoms with van der Waals surface area (Å²) in [6.45, 7) is 6.61. The molecule has 2 aliphatic heterocycles. The molecule has 2 N–H and O–H groups in total. The normalized spacial score (nSPS) is 21.8. The maximum absolute atomic E-state index is 12.9. The van der Waals surface area contributed by atoms with Crippen molar-refractivity contribution in [3.63, 3.8) is 0 Å². The number of rotatable bonds is 6. The second-order valence-electron chi connectivity index (χ2n) is 7.33. The molecule has 1 amide bonds. The summed E-state index contributed by atoms with van der Waals surface area (Å²) < 4.78 is 5.65. The third kappa shape index (κ3) is 4.22. The van der Waals surface area contributed by atoms with E-state index in [1.807, 2.05) is 0 Å². The van der Waals surface area contributed by atoms with Crippen LogP contribution in [0.25, 0.3) is 0 Å². The highest BCUT2D eigenvalue weighted by atomic mass is 16.5. The minimum atomic E-state index is -0.673. The smallest absolute Gasteiger partial charge is 0.252 e. The molecule has 0 bridgehead atoms. The highest BCUT2D eigenvalue weighted by Gasteiger charge is 2.40. The van der Waals surface area contributed by atoms with Gasteiger partial charge in [0.05, 0.1) is 6.04 Å². The summed E-state index contributed by atoms with van der Waals surface area (Å²) in [6.07, 6.45) is 3.94. The lowest BCUT2D eigenvalue weighted by Gasteiger charge is -2.36. The zero-order valence-corrected chi connectivity index (χ0v) is 15.5. The number of ether oxygens (including phenoxy) is 1. The van der Waals surface area contributed by atoms with Gasteiger partial charge >= 0.3 is 0 Å². The Labute approximate surface area is 151 Å². The first-order valence-corrected chi connectivity index (χ1v) is 9.49. The van der Waals surface area contributed by atoms with Crippen LogP contribution in [0.15, 0.2) is 24.3 Å². The van der Waals surface area contributed by atoms with Gasteiger partial charge in [-0.15, -0.1) is 0 Å². The van der Waals surface area contributed by atoms with Crippen molar-refractivity contribution in [3.8, 4) is 0 Å². The number of piperidine rings is 1. The fraction of sp³-hybridized carbons (Fsp3) is 0.650. The van der Waals surface area contributed by atoms with Crippen LogP contribution in [0.2, 0.25) is 0 Å². The molecule has 0 spiro atoms. The second-order valence-corrected chi connectivity index (χ2v) is 7.33. The number of methoxy groups -OCH3 is 1. The van der Waals surface area contributed by atoms with Gasteiger partial charge in [0, 0.05) is 13.7 Å². The number of amides is 1. The van der Waals surface area contributed by atoms with Crippen LogP contribution in [0, 0.1) is 6.92 Å². The molecule has 0 saturated carbocycles. The lowest BCUT2D eigenvalue weighted by atomic mass is 9.91. The molecular formula is C20H31N3O2. The molecular weight excluding hydrogens is 314 g/mol. The van der Waals surface area contributed by atoms with Crippen LogP contribution >= 0.6 is 0 Å². The van der Waals surface area contributed by atoms with Crippen molar-refractivity contribution in [1.29, 1.82) is 0 Å². The zero-order chi connectivity index (χ0) is 17.7. The maximum Gasteiger partial charge on any atom is 0.252 e. The average molecular weight is 345 g/mol. The number of benzene rings is 1. The van der Waals surface area contributed by atoms with E-state index in [4.69, 9.17) is 4.74 Å². The zero-order valence-electron chi connectivity index (χ0n) is 15.5. The van der Waals surface area contributed by atoms with Crippen molar-refractivity contribution >= 4 is 5.91 Å². The van der Waals surface area contributed by atoms with Gasteiger partial charge in [0.25, 0.3) is 5.91 Å². The third-order valence-electron chi connectivity index (χ3n) is 5.72. The molecule has 138 valence electrons. The van der Waals surface area contributed by atoms with Gasteiger partial charge in [-0.2, -0.15) is 0 Å². The van der Waals surface area contributed by atoms with E-state index in [2.05, 4.69) is 46.7 Å². The van der Waals surface area contributed by atoms with Crippen molar-refractivity contribution < 1.29 is 9.53 Å². The monoisotopic (exact) mass is 345 g/mol. The van der Waals surface area contributed by atoms with Crippen molar-refractivity contribution in [2.75, 3.05) is 39.8 Å². The number of carbonyl (C=O) groups is 1. The number of hydrogen-bond acceptors (Lipinski definition) is 4. The van der Waals surface area contributed by atoms with Crippen LogP contribution in [0.1, 0.15) is 42.9 Å². The minimum absolute atomic E-state index is 0.0350. The standard InChI is InChI=1S/C20H31N3O2/c1-16-5-7-17(8-6-16)18(23-13-3-4-14-23)15-22-19(24)20(25-2)9-11-21-12-10-20/h5-8,18,21H,3-4,9-15H2,1-2H3,(H,22,24). The first kappa shape index (κ1) is 18.4. The van der Waals surface area contributed by atoms with Crippen LogP contribution < -0.4 is 10.6 Å². The molecule has 25 heavy (non-hydrogen) atoms. The highest BCUT2D eigenvalue weighted by Crippen LogP contribution is 2.26. The summed E-state index contributed by atoms with van der Waals surface area (Å²) in [5.74, 6) is 0.0350. The number of likely N-dealkylation sites (tertiary alicyclic amines) is 1. The van der Waals surface area contributed by atoms with Gasteiger partial charge in [-0.05, 0) is 64.3 Å².